The number of aliphatic hydroxyl groups excluding tert-OH is 1. The van der Waals surface area contributed by atoms with Crippen LogP contribution >= 0.6 is 0 Å². The largest absolute Gasteiger partial charge is 0.396 e. The van der Waals surface area contributed by atoms with Crippen LogP contribution in [0.25, 0.3) is 0 Å². The van der Waals surface area contributed by atoms with Crippen LogP contribution in [0.15, 0.2) is 24.3 Å². The molecule has 0 aliphatic heterocycles. The third-order valence-corrected chi connectivity index (χ3v) is 3.36. The van der Waals surface area contributed by atoms with Gasteiger partial charge in [0.05, 0.1) is 0 Å². The average Bonchev–Trinajstić information content (AvgIpc) is 2.46. The van der Waals surface area contributed by atoms with Crippen molar-refractivity contribution in [2.75, 3.05) is 11.9 Å². The molecule has 0 radical (unpaired) electrons. The SMILES string of the molecule is CCc1cccc(NC(=O)C(=O)NC(CCO)C(C)C)c1. The van der Waals surface area contributed by atoms with Crippen molar-refractivity contribution in [1.29, 1.82) is 0 Å². The minimum absolute atomic E-state index is 0.0245. The molecular weight excluding hydrogens is 268 g/mol. The van der Waals surface area contributed by atoms with E-state index in [-0.39, 0.29) is 18.6 Å². The number of carbonyl (C=O) groups excluding carboxylic acids is 2. The van der Waals surface area contributed by atoms with Crippen LogP contribution in [0.4, 0.5) is 5.69 Å². The van der Waals surface area contributed by atoms with Gasteiger partial charge in [0, 0.05) is 18.3 Å². The fourth-order valence-corrected chi connectivity index (χ4v) is 2.00. The van der Waals surface area contributed by atoms with Gasteiger partial charge in [-0.25, -0.2) is 0 Å². The van der Waals surface area contributed by atoms with Gasteiger partial charge in [0.25, 0.3) is 0 Å². The van der Waals surface area contributed by atoms with E-state index in [2.05, 4.69) is 10.6 Å². The lowest BCUT2D eigenvalue weighted by Crippen LogP contribution is -2.44. The van der Waals surface area contributed by atoms with Gasteiger partial charge in [-0.1, -0.05) is 32.9 Å². The number of aryl methyl sites for hydroxylation is 1. The van der Waals surface area contributed by atoms with Gasteiger partial charge in [-0.15, -0.1) is 0 Å². The van der Waals surface area contributed by atoms with Gasteiger partial charge >= 0.3 is 11.8 Å². The summed E-state index contributed by atoms with van der Waals surface area (Å²) in [4.78, 5) is 23.8. The summed E-state index contributed by atoms with van der Waals surface area (Å²) in [6.45, 7) is 5.87. The number of rotatable bonds is 6. The lowest BCUT2D eigenvalue weighted by molar-refractivity contribution is -0.136. The van der Waals surface area contributed by atoms with Crippen molar-refractivity contribution in [3.8, 4) is 0 Å². The molecule has 5 nitrogen and oxygen atoms in total. The molecule has 2 amide bonds. The predicted octanol–water partition coefficient (Wildman–Crippen LogP) is 1.71. The van der Waals surface area contributed by atoms with Crippen molar-refractivity contribution in [2.24, 2.45) is 5.92 Å². The highest BCUT2D eigenvalue weighted by atomic mass is 16.3. The van der Waals surface area contributed by atoms with Crippen LogP contribution in [-0.4, -0.2) is 29.6 Å². The van der Waals surface area contributed by atoms with E-state index in [1.165, 1.54) is 0 Å². The first-order chi connectivity index (χ1) is 9.97. The molecule has 1 atom stereocenters. The number of amides is 2. The Bertz CT molecular complexity index is 486. The Kier molecular flexibility index (Phi) is 6.88. The molecule has 5 heteroatoms. The minimum Gasteiger partial charge on any atom is -0.396 e. The highest BCUT2D eigenvalue weighted by Gasteiger charge is 2.20. The molecular formula is C16H24N2O3. The number of aliphatic hydroxyl groups is 1. The van der Waals surface area contributed by atoms with Crippen molar-refractivity contribution >= 4 is 17.5 Å². The molecule has 1 aromatic rings. The molecule has 1 unspecified atom stereocenters. The smallest absolute Gasteiger partial charge is 0.313 e. The van der Waals surface area contributed by atoms with Crippen LogP contribution in [0.2, 0.25) is 0 Å². The van der Waals surface area contributed by atoms with E-state index < -0.39 is 11.8 Å². The Morgan fingerprint density at radius 1 is 1.24 bits per heavy atom. The van der Waals surface area contributed by atoms with Crippen LogP contribution in [0.1, 0.15) is 32.8 Å². The molecule has 116 valence electrons. The lowest BCUT2D eigenvalue weighted by atomic mass is 10.0. The van der Waals surface area contributed by atoms with Gasteiger partial charge in [-0.05, 0) is 36.5 Å². The Morgan fingerprint density at radius 2 is 1.95 bits per heavy atom. The molecule has 0 bridgehead atoms. The summed E-state index contributed by atoms with van der Waals surface area (Å²) in [6, 6.07) is 7.19. The van der Waals surface area contributed by atoms with Crippen LogP contribution in [0, 0.1) is 5.92 Å². The maximum atomic E-state index is 11.9. The van der Waals surface area contributed by atoms with E-state index in [1.807, 2.05) is 39.0 Å². The van der Waals surface area contributed by atoms with Gasteiger partial charge < -0.3 is 15.7 Å². The third kappa shape index (κ3) is 5.55. The zero-order valence-corrected chi connectivity index (χ0v) is 12.8. The van der Waals surface area contributed by atoms with Gasteiger partial charge in [-0.2, -0.15) is 0 Å². The number of nitrogens with one attached hydrogen (secondary N) is 2. The molecule has 0 spiro atoms. The van der Waals surface area contributed by atoms with Crippen molar-refractivity contribution in [2.45, 2.75) is 39.7 Å². The van der Waals surface area contributed by atoms with Crippen LogP contribution in [0.5, 0.6) is 0 Å². The van der Waals surface area contributed by atoms with E-state index in [0.29, 0.717) is 12.1 Å². The summed E-state index contributed by atoms with van der Waals surface area (Å²) in [5.41, 5.74) is 1.70. The third-order valence-electron chi connectivity index (χ3n) is 3.36. The van der Waals surface area contributed by atoms with E-state index in [4.69, 9.17) is 5.11 Å². The highest BCUT2D eigenvalue weighted by molar-refractivity contribution is 6.39. The monoisotopic (exact) mass is 292 g/mol. The normalized spacial score (nSPS) is 12.0. The number of anilines is 1. The average molecular weight is 292 g/mol. The van der Waals surface area contributed by atoms with Gasteiger partial charge in [-0.3, -0.25) is 9.59 Å². The Hall–Kier alpha value is -1.88. The maximum Gasteiger partial charge on any atom is 0.313 e. The second-order valence-corrected chi connectivity index (χ2v) is 5.34. The Balaban J connectivity index is 2.63. The summed E-state index contributed by atoms with van der Waals surface area (Å²) in [6.07, 6.45) is 1.30. The number of hydrogen-bond acceptors (Lipinski definition) is 3. The molecule has 0 aliphatic rings. The first kappa shape index (κ1) is 17.2. The van der Waals surface area contributed by atoms with Crippen molar-refractivity contribution in [3.63, 3.8) is 0 Å². The zero-order valence-electron chi connectivity index (χ0n) is 12.8. The number of carbonyl (C=O) groups is 2. The van der Waals surface area contributed by atoms with Crippen LogP contribution < -0.4 is 10.6 Å². The first-order valence-corrected chi connectivity index (χ1v) is 7.29. The minimum atomic E-state index is -0.688. The molecule has 0 fully saturated rings. The number of benzene rings is 1. The highest BCUT2D eigenvalue weighted by Crippen LogP contribution is 2.11. The van der Waals surface area contributed by atoms with E-state index in [0.717, 1.165) is 12.0 Å². The maximum absolute atomic E-state index is 11.9. The summed E-state index contributed by atoms with van der Waals surface area (Å²) < 4.78 is 0. The van der Waals surface area contributed by atoms with Crippen molar-refractivity contribution in [3.05, 3.63) is 29.8 Å². The summed E-state index contributed by atoms with van der Waals surface area (Å²) in [5, 5.41) is 14.2. The molecule has 0 saturated carbocycles. The Morgan fingerprint density at radius 3 is 2.52 bits per heavy atom. The summed E-state index contributed by atoms with van der Waals surface area (Å²) in [7, 11) is 0. The molecule has 0 saturated heterocycles. The molecule has 3 N–H and O–H groups in total. The first-order valence-electron chi connectivity index (χ1n) is 7.29. The molecule has 0 aliphatic carbocycles. The standard InChI is InChI=1S/C16H24N2O3/c1-4-12-6-5-7-13(10-12)17-15(20)16(21)18-14(8-9-19)11(2)3/h5-7,10-11,14,19H,4,8-9H2,1-3H3,(H,17,20)(H,18,21). The lowest BCUT2D eigenvalue weighted by Gasteiger charge is -2.21. The molecule has 0 heterocycles. The van der Waals surface area contributed by atoms with Gasteiger partial charge in [0.2, 0.25) is 0 Å². The van der Waals surface area contributed by atoms with Crippen molar-refractivity contribution in [1.82, 2.24) is 5.32 Å². The predicted molar refractivity (Wildman–Crippen MR) is 82.9 cm³/mol. The summed E-state index contributed by atoms with van der Waals surface area (Å²) in [5.74, 6) is -1.21. The molecule has 21 heavy (non-hydrogen) atoms. The van der Waals surface area contributed by atoms with E-state index >= 15 is 0 Å². The summed E-state index contributed by atoms with van der Waals surface area (Å²) >= 11 is 0. The van der Waals surface area contributed by atoms with Gasteiger partial charge in [0.15, 0.2) is 0 Å². The van der Waals surface area contributed by atoms with Crippen molar-refractivity contribution < 1.29 is 14.7 Å². The van der Waals surface area contributed by atoms with E-state index in [1.54, 1.807) is 6.07 Å². The fraction of sp³-hybridized carbons (Fsp3) is 0.500. The molecule has 1 rings (SSSR count). The van der Waals surface area contributed by atoms with Gasteiger partial charge in [0.1, 0.15) is 0 Å². The zero-order chi connectivity index (χ0) is 15.8. The van der Waals surface area contributed by atoms with E-state index in [9.17, 15) is 9.59 Å². The second-order valence-electron chi connectivity index (χ2n) is 5.34. The Labute approximate surface area is 125 Å². The van der Waals surface area contributed by atoms with Crippen LogP contribution in [0.3, 0.4) is 0 Å². The number of hydrogen-bond donors (Lipinski definition) is 3. The van der Waals surface area contributed by atoms with Crippen LogP contribution in [-0.2, 0) is 16.0 Å². The quantitative estimate of drug-likeness (QED) is 0.698. The molecule has 1 aromatic carbocycles. The second kappa shape index (κ2) is 8.42. The fourth-order valence-electron chi connectivity index (χ4n) is 2.00. The topological polar surface area (TPSA) is 78.4 Å². The molecule has 0 aromatic heterocycles.